The fourth-order valence-corrected chi connectivity index (χ4v) is 2.33. The lowest BCUT2D eigenvalue weighted by Gasteiger charge is -2.09. The van der Waals surface area contributed by atoms with E-state index in [0.29, 0.717) is 22.1 Å². The van der Waals surface area contributed by atoms with Crippen LogP contribution < -0.4 is 15.6 Å². The molecule has 27 heavy (non-hydrogen) atoms. The molecule has 0 atom stereocenters. The summed E-state index contributed by atoms with van der Waals surface area (Å²) in [7, 11) is 0. The number of pyridine rings is 1. The van der Waals surface area contributed by atoms with E-state index in [1.165, 1.54) is 18.2 Å². The van der Waals surface area contributed by atoms with Crippen LogP contribution in [0.15, 0.2) is 67.0 Å². The molecule has 8 heteroatoms. The van der Waals surface area contributed by atoms with Crippen molar-refractivity contribution in [2.75, 3.05) is 0 Å². The number of amides is 2. The average molecular weight is 384 g/mol. The van der Waals surface area contributed by atoms with Crippen LogP contribution in [0.4, 0.5) is 0 Å². The molecule has 3 rings (SSSR count). The fourth-order valence-electron chi connectivity index (χ4n) is 2.17. The molecule has 0 radical (unpaired) electrons. The Morgan fingerprint density at radius 3 is 2.37 bits per heavy atom. The molecule has 136 valence electrons. The van der Waals surface area contributed by atoms with Crippen molar-refractivity contribution in [3.63, 3.8) is 0 Å². The number of ether oxygens (including phenoxy) is 1. The van der Waals surface area contributed by atoms with Gasteiger partial charge in [0.15, 0.2) is 0 Å². The summed E-state index contributed by atoms with van der Waals surface area (Å²) in [6.07, 6.45) is 3.21. The van der Waals surface area contributed by atoms with Gasteiger partial charge in [0, 0.05) is 16.8 Å². The maximum Gasteiger partial charge on any atom is 0.273 e. The summed E-state index contributed by atoms with van der Waals surface area (Å²) >= 11 is 5.72. The Balaban J connectivity index is 1.58. The van der Waals surface area contributed by atoms with E-state index in [4.69, 9.17) is 16.3 Å². The number of phenolic OH excluding ortho intramolecular Hbond substituents is 1. The zero-order valence-corrected chi connectivity index (χ0v) is 14.6. The van der Waals surface area contributed by atoms with Crippen LogP contribution in [0.25, 0.3) is 0 Å². The average Bonchev–Trinajstić information content (AvgIpc) is 2.67. The Hall–Kier alpha value is -3.58. The maximum atomic E-state index is 12.1. The van der Waals surface area contributed by atoms with E-state index in [-0.39, 0.29) is 11.3 Å². The molecule has 3 aromatic rings. The number of carbonyl (C=O) groups is 2. The lowest BCUT2D eigenvalue weighted by molar-refractivity contribution is 0.0845. The van der Waals surface area contributed by atoms with Crippen LogP contribution in [0.1, 0.15) is 20.7 Å². The van der Waals surface area contributed by atoms with Gasteiger partial charge in [-0.15, -0.1) is 0 Å². The van der Waals surface area contributed by atoms with Crippen molar-refractivity contribution in [3.05, 3.63) is 83.1 Å². The Morgan fingerprint density at radius 2 is 1.70 bits per heavy atom. The highest BCUT2D eigenvalue weighted by Gasteiger charge is 2.13. The molecule has 1 heterocycles. The van der Waals surface area contributed by atoms with Crippen LogP contribution in [-0.2, 0) is 0 Å². The number of nitrogens with zero attached hydrogens (tertiary/aromatic N) is 1. The van der Waals surface area contributed by atoms with Crippen molar-refractivity contribution >= 4 is 23.4 Å². The predicted molar refractivity (Wildman–Crippen MR) is 98.8 cm³/mol. The highest BCUT2D eigenvalue weighted by Crippen LogP contribution is 2.22. The predicted octanol–water partition coefficient (Wildman–Crippen LogP) is 3.31. The standard InChI is InChI=1S/C19H14ClN3O4/c20-13-5-8-16(17(24)10-13)19(26)23-22-18(25)12-3-6-14(7-4-12)27-15-2-1-9-21-11-15/h1-11,24H,(H,22,25)(H,23,26). The molecule has 0 aliphatic heterocycles. The summed E-state index contributed by atoms with van der Waals surface area (Å²) in [5, 5.41) is 10.0. The molecule has 2 aromatic carbocycles. The fraction of sp³-hybridized carbons (Fsp3) is 0. The molecule has 0 fully saturated rings. The number of hydrazine groups is 1. The normalized spacial score (nSPS) is 10.1. The van der Waals surface area contributed by atoms with Crippen molar-refractivity contribution in [3.8, 4) is 17.2 Å². The van der Waals surface area contributed by atoms with Crippen molar-refractivity contribution in [1.29, 1.82) is 0 Å². The van der Waals surface area contributed by atoms with E-state index in [0.717, 1.165) is 0 Å². The number of aromatic hydroxyl groups is 1. The minimum atomic E-state index is -0.672. The Morgan fingerprint density at radius 1 is 0.963 bits per heavy atom. The summed E-state index contributed by atoms with van der Waals surface area (Å²) in [6, 6.07) is 13.9. The van der Waals surface area contributed by atoms with Crippen LogP contribution in [0.3, 0.4) is 0 Å². The summed E-state index contributed by atoms with van der Waals surface area (Å²) < 4.78 is 5.59. The monoisotopic (exact) mass is 383 g/mol. The first kappa shape index (κ1) is 18.2. The number of hydrogen-bond acceptors (Lipinski definition) is 5. The maximum absolute atomic E-state index is 12.1. The first-order chi connectivity index (χ1) is 13.0. The topological polar surface area (TPSA) is 101 Å². The van der Waals surface area contributed by atoms with Gasteiger partial charge in [0.05, 0.1) is 11.8 Å². The van der Waals surface area contributed by atoms with E-state index in [1.54, 1.807) is 48.8 Å². The highest BCUT2D eigenvalue weighted by molar-refractivity contribution is 6.30. The minimum absolute atomic E-state index is 0.0140. The molecule has 0 bridgehead atoms. The summed E-state index contributed by atoms with van der Waals surface area (Å²) in [5.74, 6) is -0.371. The van der Waals surface area contributed by atoms with Gasteiger partial charge in [-0.2, -0.15) is 0 Å². The van der Waals surface area contributed by atoms with Crippen molar-refractivity contribution in [2.24, 2.45) is 0 Å². The van der Waals surface area contributed by atoms with Crippen LogP contribution in [0.5, 0.6) is 17.2 Å². The SMILES string of the molecule is O=C(NNC(=O)c1ccc(Cl)cc1O)c1ccc(Oc2cccnc2)cc1. The molecule has 1 aromatic heterocycles. The molecule has 7 nitrogen and oxygen atoms in total. The molecule has 0 aliphatic rings. The largest absolute Gasteiger partial charge is 0.507 e. The van der Waals surface area contributed by atoms with Gasteiger partial charge in [-0.05, 0) is 54.6 Å². The molecule has 0 spiro atoms. The minimum Gasteiger partial charge on any atom is -0.507 e. The Labute approximate surface area is 159 Å². The van der Waals surface area contributed by atoms with Gasteiger partial charge >= 0.3 is 0 Å². The number of aromatic nitrogens is 1. The number of halogens is 1. The second kappa shape index (κ2) is 8.20. The number of hydrogen-bond donors (Lipinski definition) is 3. The molecule has 0 aliphatic carbocycles. The van der Waals surface area contributed by atoms with E-state index in [9.17, 15) is 14.7 Å². The first-order valence-electron chi connectivity index (χ1n) is 7.80. The van der Waals surface area contributed by atoms with Crippen molar-refractivity contribution in [1.82, 2.24) is 15.8 Å². The number of nitrogens with one attached hydrogen (secondary N) is 2. The van der Waals surface area contributed by atoms with E-state index in [1.807, 2.05) is 0 Å². The summed E-state index contributed by atoms with van der Waals surface area (Å²) in [6.45, 7) is 0. The summed E-state index contributed by atoms with van der Waals surface area (Å²) in [5.41, 5.74) is 4.81. The molecule has 3 N–H and O–H groups in total. The van der Waals surface area contributed by atoms with Gasteiger partial charge in [0.1, 0.15) is 17.2 Å². The van der Waals surface area contributed by atoms with Crippen molar-refractivity contribution in [2.45, 2.75) is 0 Å². The molecule has 0 saturated carbocycles. The smallest absolute Gasteiger partial charge is 0.273 e. The third kappa shape index (κ3) is 4.74. The van der Waals surface area contributed by atoms with Gasteiger partial charge in [-0.3, -0.25) is 25.4 Å². The number of phenols is 1. The Bertz CT molecular complexity index is 962. The zero-order valence-electron chi connectivity index (χ0n) is 13.8. The van der Waals surface area contributed by atoms with Crippen LogP contribution in [0, 0.1) is 0 Å². The lowest BCUT2D eigenvalue weighted by Crippen LogP contribution is -2.41. The Kier molecular flexibility index (Phi) is 5.53. The van der Waals surface area contributed by atoms with E-state index in [2.05, 4.69) is 15.8 Å². The molecular weight excluding hydrogens is 370 g/mol. The number of rotatable bonds is 4. The van der Waals surface area contributed by atoms with Gasteiger partial charge in [0.25, 0.3) is 11.8 Å². The molecule has 2 amide bonds. The van der Waals surface area contributed by atoms with Gasteiger partial charge in [0.2, 0.25) is 0 Å². The van der Waals surface area contributed by atoms with E-state index >= 15 is 0 Å². The number of carbonyl (C=O) groups excluding carboxylic acids is 2. The van der Waals surface area contributed by atoms with Crippen LogP contribution in [0.2, 0.25) is 5.02 Å². The van der Waals surface area contributed by atoms with Gasteiger partial charge < -0.3 is 9.84 Å². The molecular formula is C19H14ClN3O4. The van der Waals surface area contributed by atoms with Crippen molar-refractivity contribution < 1.29 is 19.4 Å². The summed E-state index contributed by atoms with van der Waals surface area (Å²) in [4.78, 5) is 28.1. The number of benzene rings is 2. The van der Waals surface area contributed by atoms with Crippen LogP contribution in [-0.4, -0.2) is 21.9 Å². The van der Waals surface area contributed by atoms with Gasteiger partial charge in [-0.25, -0.2) is 0 Å². The second-order valence-electron chi connectivity index (χ2n) is 5.38. The highest BCUT2D eigenvalue weighted by atomic mass is 35.5. The third-order valence-corrected chi connectivity index (χ3v) is 3.72. The molecule has 0 unspecified atom stereocenters. The zero-order chi connectivity index (χ0) is 19.2. The lowest BCUT2D eigenvalue weighted by atomic mass is 10.2. The van der Waals surface area contributed by atoms with E-state index < -0.39 is 11.8 Å². The molecule has 0 saturated heterocycles. The van der Waals surface area contributed by atoms with Gasteiger partial charge in [-0.1, -0.05) is 11.6 Å². The second-order valence-corrected chi connectivity index (χ2v) is 5.82. The quantitative estimate of drug-likeness (QED) is 0.600. The van der Waals surface area contributed by atoms with Crippen LogP contribution >= 0.6 is 11.6 Å². The third-order valence-electron chi connectivity index (χ3n) is 3.48. The first-order valence-corrected chi connectivity index (χ1v) is 8.18.